The molecule has 4 nitrogen and oxygen atoms in total. The van der Waals surface area contributed by atoms with E-state index in [0.717, 1.165) is 11.3 Å². The Bertz CT molecular complexity index is 414. The predicted octanol–water partition coefficient (Wildman–Crippen LogP) is 1.10. The molecule has 0 bridgehead atoms. The van der Waals surface area contributed by atoms with Gasteiger partial charge in [0.1, 0.15) is 6.61 Å². The van der Waals surface area contributed by atoms with Crippen LogP contribution < -0.4 is 5.06 Å². The van der Waals surface area contributed by atoms with Gasteiger partial charge in [0.15, 0.2) is 5.78 Å². The lowest BCUT2D eigenvalue weighted by Crippen LogP contribution is -2.29. The Kier molecular flexibility index (Phi) is 2.51. The molecule has 78 valence electrons. The molecular weight excluding hydrogens is 194 g/mol. The molecule has 0 fully saturated rings. The van der Waals surface area contributed by atoms with Crippen molar-refractivity contribution < 1.29 is 14.4 Å². The molecule has 1 aliphatic rings. The SMILES string of the molecule is CC(=O)CON1C(=O)Cc2ccccc21. The monoisotopic (exact) mass is 205 g/mol. The maximum atomic E-state index is 11.5. The number of anilines is 1. The van der Waals surface area contributed by atoms with Gasteiger partial charge in [-0.25, -0.2) is 0 Å². The highest BCUT2D eigenvalue weighted by molar-refractivity contribution is 5.99. The number of carbonyl (C=O) groups is 2. The van der Waals surface area contributed by atoms with Crippen LogP contribution in [0.25, 0.3) is 0 Å². The second-order valence-electron chi connectivity index (χ2n) is 3.47. The van der Waals surface area contributed by atoms with E-state index in [0.29, 0.717) is 6.42 Å². The van der Waals surface area contributed by atoms with Gasteiger partial charge in [0.25, 0.3) is 5.91 Å². The van der Waals surface area contributed by atoms with Crippen molar-refractivity contribution in [1.82, 2.24) is 0 Å². The number of hydroxylamine groups is 1. The molecule has 15 heavy (non-hydrogen) atoms. The van der Waals surface area contributed by atoms with Crippen LogP contribution in [0.3, 0.4) is 0 Å². The van der Waals surface area contributed by atoms with Gasteiger partial charge in [-0.15, -0.1) is 0 Å². The molecule has 1 heterocycles. The van der Waals surface area contributed by atoms with Gasteiger partial charge in [-0.2, -0.15) is 5.06 Å². The van der Waals surface area contributed by atoms with Gasteiger partial charge < -0.3 is 0 Å². The highest BCUT2D eigenvalue weighted by atomic mass is 16.7. The van der Waals surface area contributed by atoms with E-state index in [1.807, 2.05) is 18.2 Å². The maximum Gasteiger partial charge on any atom is 0.255 e. The minimum atomic E-state index is -0.127. The second-order valence-corrected chi connectivity index (χ2v) is 3.47. The van der Waals surface area contributed by atoms with Crippen molar-refractivity contribution in [2.75, 3.05) is 11.7 Å². The summed E-state index contributed by atoms with van der Waals surface area (Å²) in [5.74, 6) is -0.232. The Hall–Kier alpha value is -1.68. The van der Waals surface area contributed by atoms with Gasteiger partial charge in [0.05, 0.1) is 12.1 Å². The Balaban J connectivity index is 2.18. The van der Waals surface area contributed by atoms with Gasteiger partial charge in [-0.3, -0.25) is 14.4 Å². The van der Waals surface area contributed by atoms with Crippen molar-refractivity contribution in [1.29, 1.82) is 0 Å². The van der Waals surface area contributed by atoms with Crippen LogP contribution in [-0.2, 0) is 20.8 Å². The molecule has 0 atom stereocenters. The van der Waals surface area contributed by atoms with Gasteiger partial charge in [0.2, 0.25) is 0 Å². The zero-order chi connectivity index (χ0) is 10.8. The van der Waals surface area contributed by atoms with Crippen LogP contribution in [0.15, 0.2) is 24.3 Å². The van der Waals surface area contributed by atoms with Gasteiger partial charge in [0, 0.05) is 0 Å². The quantitative estimate of drug-likeness (QED) is 0.742. The molecule has 0 spiro atoms. The number of para-hydroxylation sites is 1. The zero-order valence-electron chi connectivity index (χ0n) is 8.40. The Morgan fingerprint density at radius 3 is 2.93 bits per heavy atom. The number of carbonyl (C=O) groups excluding carboxylic acids is 2. The molecule has 1 aromatic rings. The molecule has 0 aromatic heterocycles. The van der Waals surface area contributed by atoms with Crippen LogP contribution in [0, 0.1) is 0 Å². The Labute approximate surface area is 87.4 Å². The van der Waals surface area contributed by atoms with E-state index in [4.69, 9.17) is 4.84 Å². The fourth-order valence-corrected chi connectivity index (χ4v) is 1.52. The normalized spacial score (nSPS) is 14.2. The van der Waals surface area contributed by atoms with Crippen LogP contribution >= 0.6 is 0 Å². The molecule has 1 aromatic carbocycles. The number of Topliss-reactive ketones (excluding diaryl/α,β-unsaturated/α-hetero) is 1. The summed E-state index contributed by atoms with van der Waals surface area (Å²) in [4.78, 5) is 27.4. The number of ketones is 1. The van der Waals surface area contributed by atoms with E-state index in [2.05, 4.69) is 0 Å². The average molecular weight is 205 g/mol. The number of nitrogens with zero attached hydrogens (tertiary/aromatic N) is 1. The third-order valence-electron chi connectivity index (χ3n) is 2.18. The zero-order valence-corrected chi connectivity index (χ0v) is 8.40. The topological polar surface area (TPSA) is 46.6 Å². The van der Waals surface area contributed by atoms with E-state index in [1.54, 1.807) is 6.07 Å². The number of amides is 1. The molecule has 0 aliphatic carbocycles. The van der Waals surface area contributed by atoms with Crippen LogP contribution in [0.2, 0.25) is 0 Å². The summed E-state index contributed by atoms with van der Waals surface area (Å²) in [6.07, 6.45) is 0.341. The smallest absolute Gasteiger partial charge is 0.255 e. The van der Waals surface area contributed by atoms with Crippen molar-refractivity contribution in [2.24, 2.45) is 0 Å². The first-order chi connectivity index (χ1) is 7.18. The van der Waals surface area contributed by atoms with E-state index >= 15 is 0 Å². The van der Waals surface area contributed by atoms with Crippen molar-refractivity contribution >= 4 is 17.4 Å². The van der Waals surface area contributed by atoms with Crippen LogP contribution in [0.4, 0.5) is 5.69 Å². The summed E-state index contributed by atoms with van der Waals surface area (Å²) in [5, 5.41) is 1.21. The fraction of sp³-hybridized carbons (Fsp3) is 0.273. The van der Waals surface area contributed by atoms with Crippen LogP contribution in [-0.4, -0.2) is 18.3 Å². The van der Waals surface area contributed by atoms with Crippen LogP contribution in [0.5, 0.6) is 0 Å². The average Bonchev–Trinajstić information content (AvgIpc) is 2.50. The first-order valence-corrected chi connectivity index (χ1v) is 4.71. The largest absolute Gasteiger partial charge is 0.297 e. The molecule has 4 heteroatoms. The third kappa shape index (κ3) is 1.89. The first-order valence-electron chi connectivity index (χ1n) is 4.71. The van der Waals surface area contributed by atoms with Crippen molar-refractivity contribution in [3.63, 3.8) is 0 Å². The van der Waals surface area contributed by atoms with E-state index in [-0.39, 0.29) is 18.3 Å². The van der Waals surface area contributed by atoms with E-state index < -0.39 is 0 Å². The van der Waals surface area contributed by atoms with Crippen LogP contribution in [0.1, 0.15) is 12.5 Å². The Morgan fingerprint density at radius 2 is 2.20 bits per heavy atom. The summed E-state index contributed by atoms with van der Waals surface area (Å²) >= 11 is 0. The lowest BCUT2D eigenvalue weighted by Gasteiger charge is -2.15. The molecule has 0 radical (unpaired) electrons. The van der Waals surface area contributed by atoms with Crippen molar-refractivity contribution in [3.05, 3.63) is 29.8 Å². The van der Waals surface area contributed by atoms with Crippen molar-refractivity contribution in [3.8, 4) is 0 Å². The molecular formula is C11H11NO3. The summed E-state index contributed by atoms with van der Waals surface area (Å²) < 4.78 is 0. The highest BCUT2D eigenvalue weighted by Crippen LogP contribution is 2.28. The number of benzene rings is 1. The van der Waals surface area contributed by atoms with Gasteiger partial charge >= 0.3 is 0 Å². The summed E-state index contributed by atoms with van der Waals surface area (Å²) in [5.41, 5.74) is 1.68. The third-order valence-corrected chi connectivity index (χ3v) is 2.18. The Morgan fingerprint density at radius 1 is 1.47 bits per heavy atom. The van der Waals surface area contributed by atoms with E-state index in [1.165, 1.54) is 12.0 Å². The molecule has 2 rings (SSSR count). The van der Waals surface area contributed by atoms with Gasteiger partial charge in [-0.1, -0.05) is 18.2 Å². The molecule has 0 unspecified atom stereocenters. The first kappa shape index (κ1) is 9.86. The molecule has 1 amide bonds. The summed E-state index contributed by atoms with van der Waals surface area (Å²) in [6, 6.07) is 7.40. The minimum Gasteiger partial charge on any atom is -0.297 e. The van der Waals surface area contributed by atoms with Gasteiger partial charge in [-0.05, 0) is 18.6 Å². The maximum absolute atomic E-state index is 11.5. The molecule has 0 saturated carbocycles. The number of hydrogen-bond acceptors (Lipinski definition) is 3. The molecule has 0 saturated heterocycles. The molecule has 1 aliphatic heterocycles. The molecule has 0 N–H and O–H groups in total. The predicted molar refractivity (Wildman–Crippen MR) is 54.3 cm³/mol. The van der Waals surface area contributed by atoms with E-state index in [9.17, 15) is 9.59 Å². The standard InChI is InChI=1S/C11H11NO3/c1-8(13)7-15-12-10-5-3-2-4-9(10)6-11(12)14/h2-5H,6-7H2,1H3. The minimum absolute atomic E-state index is 0.0694. The number of fused-ring (bicyclic) bond motifs is 1. The van der Waals surface area contributed by atoms with Crippen molar-refractivity contribution in [2.45, 2.75) is 13.3 Å². The summed E-state index contributed by atoms with van der Waals surface area (Å²) in [6.45, 7) is 1.35. The lowest BCUT2D eigenvalue weighted by molar-refractivity contribution is -0.128. The fourth-order valence-electron chi connectivity index (χ4n) is 1.52. The second kappa shape index (κ2) is 3.82. The number of hydrogen-bond donors (Lipinski definition) is 0. The lowest BCUT2D eigenvalue weighted by atomic mass is 10.2. The number of rotatable bonds is 3. The summed E-state index contributed by atoms with van der Waals surface area (Å²) in [7, 11) is 0. The highest BCUT2D eigenvalue weighted by Gasteiger charge is 2.27.